The summed E-state index contributed by atoms with van der Waals surface area (Å²) in [6, 6.07) is 18.1. The Bertz CT molecular complexity index is 1190. The minimum Gasteiger partial charge on any atom is -0.376 e. The van der Waals surface area contributed by atoms with Crippen LogP contribution < -0.4 is 5.56 Å². The van der Waals surface area contributed by atoms with E-state index >= 15 is 0 Å². The zero-order valence-corrected chi connectivity index (χ0v) is 18.1. The highest BCUT2D eigenvalue weighted by molar-refractivity contribution is 7.88. The lowest BCUT2D eigenvalue weighted by Gasteiger charge is -2.29. The van der Waals surface area contributed by atoms with Gasteiger partial charge in [0.05, 0.1) is 36.8 Å². The van der Waals surface area contributed by atoms with E-state index in [0.29, 0.717) is 35.7 Å². The molecule has 0 aliphatic carbocycles. The lowest BCUT2D eigenvalue weighted by Crippen LogP contribution is -2.36. The molecule has 4 rings (SSSR count). The summed E-state index contributed by atoms with van der Waals surface area (Å²) in [5.74, 6) is 0.207. The molecule has 1 aliphatic rings. The highest BCUT2D eigenvalue weighted by atomic mass is 32.2. The maximum atomic E-state index is 13.5. The van der Waals surface area contributed by atoms with Gasteiger partial charge in [-0.25, -0.2) is 13.4 Å². The first-order valence-corrected chi connectivity index (χ1v) is 11.8. The zero-order valence-electron chi connectivity index (χ0n) is 17.3. The maximum Gasteiger partial charge on any atom is 0.256 e. The van der Waals surface area contributed by atoms with Gasteiger partial charge in [-0.15, -0.1) is 0 Å². The van der Waals surface area contributed by atoms with Crippen LogP contribution in [0.1, 0.15) is 41.2 Å². The van der Waals surface area contributed by atoms with Gasteiger partial charge in [0, 0.05) is 12.5 Å². The Kier molecular flexibility index (Phi) is 6.31. The highest BCUT2D eigenvalue weighted by Gasteiger charge is 2.30. The number of hydrogen-bond acceptors (Lipinski definition) is 5. The Balaban J connectivity index is 1.70. The fraction of sp³-hybridized carbons (Fsp3) is 0.304. The van der Waals surface area contributed by atoms with E-state index in [-0.39, 0.29) is 24.5 Å². The van der Waals surface area contributed by atoms with Crippen molar-refractivity contribution in [2.75, 3.05) is 6.61 Å². The van der Waals surface area contributed by atoms with Crippen LogP contribution in [0, 0.1) is 0 Å². The minimum atomic E-state index is -3.71. The van der Waals surface area contributed by atoms with Gasteiger partial charge in [-0.1, -0.05) is 60.7 Å². The van der Waals surface area contributed by atoms with Crippen LogP contribution in [-0.2, 0) is 40.1 Å². The van der Waals surface area contributed by atoms with Gasteiger partial charge in [0.25, 0.3) is 5.56 Å². The molecule has 0 amide bonds. The van der Waals surface area contributed by atoms with Crippen molar-refractivity contribution >= 4 is 10.0 Å². The van der Waals surface area contributed by atoms with Crippen molar-refractivity contribution in [2.45, 2.75) is 38.3 Å². The molecular formula is C23H25N3O4S. The Hall–Kier alpha value is -2.81. The SMILES string of the molecule is C[C@H](c1ccccc1)N(Cc1nc2c(c(=O)[nH]1)COCC2)S(=O)(=O)Cc1ccccc1. The molecule has 8 heteroatoms. The van der Waals surface area contributed by atoms with Gasteiger partial charge in [-0.05, 0) is 18.1 Å². The molecule has 0 radical (unpaired) electrons. The molecule has 31 heavy (non-hydrogen) atoms. The second-order valence-corrected chi connectivity index (χ2v) is 9.54. The van der Waals surface area contributed by atoms with E-state index in [1.54, 1.807) is 12.1 Å². The second-order valence-electron chi connectivity index (χ2n) is 7.61. The molecule has 0 unspecified atom stereocenters. The maximum absolute atomic E-state index is 13.5. The van der Waals surface area contributed by atoms with E-state index in [1.165, 1.54) is 4.31 Å². The van der Waals surface area contributed by atoms with Gasteiger partial charge in [-0.3, -0.25) is 4.79 Å². The van der Waals surface area contributed by atoms with Crippen molar-refractivity contribution in [2.24, 2.45) is 0 Å². The average molecular weight is 440 g/mol. The molecule has 162 valence electrons. The number of aromatic amines is 1. The molecule has 1 atom stereocenters. The molecule has 2 heterocycles. The number of H-pyrrole nitrogens is 1. The smallest absolute Gasteiger partial charge is 0.256 e. The quantitative estimate of drug-likeness (QED) is 0.611. The molecule has 0 fully saturated rings. The number of benzene rings is 2. The normalized spacial score (nSPS) is 14.9. The number of rotatable bonds is 7. The van der Waals surface area contributed by atoms with Crippen LogP contribution in [0.5, 0.6) is 0 Å². The third kappa shape index (κ3) is 4.92. The summed E-state index contributed by atoms with van der Waals surface area (Å²) in [6.45, 7) is 2.56. The number of hydrogen-bond donors (Lipinski definition) is 1. The number of sulfonamides is 1. The molecule has 3 aromatic rings. The number of fused-ring (bicyclic) bond motifs is 1. The highest BCUT2D eigenvalue weighted by Crippen LogP contribution is 2.27. The van der Waals surface area contributed by atoms with Crippen molar-refractivity contribution in [3.63, 3.8) is 0 Å². The predicted molar refractivity (Wildman–Crippen MR) is 118 cm³/mol. The molecule has 1 aromatic heterocycles. The van der Waals surface area contributed by atoms with E-state index in [9.17, 15) is 13.2 Å². The van der Waals surface area contributed by atoms with Gasteiger partial charge < -0.3 is 9.72 Å². The van der Waals surface area contributed by atoms with Gasteiger partial charge in [0.2, 0.25) is 10.0 Å². The molecule has 0 spiro atoms. The summed E-state index contributed by atoms with van der Waals surface area (Å²) in [7, 11) is -3.71. The Labute approximate surface area is 181 Å². The van der Waals surface area contributed by atoms with Crippen LogP contribution in [0.3, 0.4) is 0 Å². The lowest BCUT2D eigenvalue weighted by molar-refractivity contribution is 0.107. The second kappa shape index (κ2) is 9.13. The van der Waals surface area contributed by atoms with Gasteiger partial charge in [0.15, 0.2) is 0 Å². The summed E-state index contributed by atoms with van der Waals surface area (Å²) in [5, 5.41) is 0. The lowest BCUT2D eigenvalue weighted by atomic mass is 10.1. The van der Waals surface area contributed by atoms with Crippen LogP contribution in [0.25, 0.3) is 0 Å². The van der Waals surface area contributed by atoms with Gasteiger partial charge in [-0.2, -0.15) is 4.31 Å². The molecule has 2 aromatic carbocycles. The third-order valence-electron chi connectivity index (χ3n) is 5.45. The number of ether oxygens (including phenoxy) is 1. The van der Waals surface area contributed by atoms with Crippen molar-refractivity contribution in [1.29, 1.82) is 0 Å². The van der Waals surface area contributed by atoms with Gasteiger partial charge in [0.1, 0.15) is 5.82 Å². The van der Waals surface area contributed by atoms with E-state index in [4.69, 9.17) is 4.74 Å². The molecule has 0 bridgehead atoms. The summed E-state index contributed by atoms with van der Waals surface area (Å²) in [6.07, 6.45) is 0.539. The van der Waals surface area contributed by atoms with Crippen LogP contribution in [0.4, 0.5) is 0 Å². The molecule has 7 nitrogen and oxygen atoms in total. The topological polar surface area (TPSA) is 92.4 Å². The average Bonchev–Trinajstić information content (AvgIpc) is 2.78. The molecule has 1 aliphatic heterocycles. The molecule has 0 saturated heterocycles. The summed E-state index contributed by atoms with van der Waals surface area (Å²) in [4.78, 5) is 19.8. The number of nitrogens with one attached hydrogen (secondary N) is 1. The largest absolute Gasteiger partial charge is 0.376 e. The Morgan fingerprint density at radius 1 is 1.10 bits per heavy atom. The zero-order chi connectivity index (χ0) is 21.8. The van der Waals surface area contributed by atoms with E-state index in [0.717, 1.165) is 5.56 Å². The van der Waals surface area contributed by atoms with Crippen molar-refractivity contribution in [1.82, 2.24) is 14.3 Å². The summed E-state index contributed by atoms with van der Waals surface area (Å²) >= 11 is 0. The van der Waals surface area contributed by atoms with Crippen molar-refractivity contribution in [3.05, 3.63) is 99.2 Å². The summed E-state index contributed by atoms with van der Waals surface area (Å²) in [5.41, 5.74) is 2.50. The van der Waals surface area contributed by atoms with E-state index in [1.807, 2.05) is 55.5 Å². The van der Waals surface area contributed by atoms with Crippen molar-refractivity contribution < 1.29 is 13.2 Å². The van der Waals surface area contributed by atoms with Crippen LogP contribution >= 0.6 is 0 Å². The molecule has 1 N–H and O–H groups in total. The van der Waals surface area contributed by atoms with Crippen molar-refractivity contribution in [3.8, 4) is 0 Å². The molecule has 0 saturated carbocycles. The first-order chi connectivity index (χ1) is 14.9. The van der Waals surface area contributed by atoms with Crippen LogP contribution in [0.2, 0.25) is 0 Å². The van der Waals surface area contributed by atoms with Crippen LogP contribution in [0.15, 0.2) is 65.5 Å². The summed E-state index contributed by atoms with van der Waals surface area (Å²) < 4.78 is 33.7. The monoisotopic (exact) mass is 439 g/mol. The predicted octanol–water partition coefficient (Wildman–Crippen LogP) is 2.94. The number of aromatic nitrogens is 2. The minimum absolute atomic E-state index is 0.0192. The first kappa shape index (κ1) is 21.4. The van der Waals surface area contributed by atoms with E-state index < -0.39 is 16.1 Å². The fourth-order valence-electron chi connectivity index (χ4n) is 3.76. The Morgan fingerprint density at radius 3 is 2.48 bits per heavy atom. The molecular weight excluding hydrogens is 414 g/mol. The number of nitrogens with zero attached hydrogens (tertiary/aromatic N) is 2. The van der Waals surface area contributed by atoms with Crippen LogP contribution in [-0.4, -0.2) is 29.3 Å². The first-order valence-electron chi connectivity index (χ1n) is 10.2. The van der Waals surface area contributed by atoms with Gasteiger partial charge >= 0.3 is 0 Å². The fourth-order valence-corrected chi connectivity index (χ4v) is 5.46. The third-order valence-corrected chi connectivity index (χ3v) is 7.31. The standard InChI is InChI=1S/C23H25N3O4S/c1-17(19-10-6-3-7-11-19)26(31(28,29)16-18-8-4-2-5-9-18)14-22-24-21-12-13-30-15-20(21)23(27)25-22/h2-11,17H,12-16H2,1H3,(H,24,25,27)/t17-/m1/s1. The Morgan fingerprint density at radius 2 is 1.77 bits per heavy atom. The van der Waals surface area contributed by atoms with E-state index in [2.05, 4.69) is 9.97 Å².